The molecule has 25 heavy (non-hydrogen) atoms. The van der Waals surface area contributed by atoms with E-state index in [1.54, 1.807) is 12.1 Å². The Kier molecular flexibility index (Phi) is 3.78. The zero-order valence-corrected chi connectivity index (χ0v) is 13.6. The molecular formula is C19H16N4O2. The van der Waals surface area contributed by atoms with Gasteiger partial charge in [-0.25, -0.2) is 9.48 Å². The number of fused-ring (bicyclic) bond motifs is 1. The lowest BCUT2D eigenvalue weighted by Gasteiger charge is -2.24. The van der Waals surface area contributed by atoms with Crippen molar-refractivity contribution < 1.29 is 9.53 Å². The van der Waals surface area contributed by atoms with Crippen LogP contribution in [0.5, 0.6) is 0 Å². The van der Waals surface area contributed by atoms with Gasteiger partial charge in [0, 0.05) is 5.70 Å². The highest BCUT2D eigenvalue weighted by Crippen LogP contribution is 2.31. The Bertz CT molecular complexity index is 930. The number of hydrogen-bond donors (Lipinski definition) is 1. The zero-order valence-electron chi connectivity index (χ0n) is 13.6. The fourth-order valence-corrected chi connectivity index (χ4v) is 2.89. The number of methoxy groups -OCH3 is 1. The van der Waals surface area contributed by atoms with E-state index < -0.39 is 0 Å². The summed E-state index contributed by atoms with van der Waals surface area (Å²) >= 11 is 0. The van der Waals surface area contributed by atoms with Crippen LogP contribution >= 0.6 is 0 Å². The van der Waals surface area contributed by atoms with Crippen molar-refractivity contribution in [3.05, 3.63) is 83.7 Å². The first-order valence-electron chi connectivity index (χ1n) is 7.88. The number of anilines is 1. The summed E-state index contributed by atoms with van der Waals surface area (Å²) in [6.45, 7) is 0. The van der Waals surface area contributed by atoms with E-state index >= 15 is 0 Å². The van der Waals surface area contributed by atoms with E-state index in [0.717, 1.165) is 16.8 Å². The Labute approximate surface area is 144 Å². The fraction of sp³-hybridized carbons (Fsp3) is 0.105. The van der Waals surface area contributed by atoms with E-state index in [9.17, 15) is 4.79 Å². The van der Waals surface area contributed by atoms with Crippen LogP contribution in [0, 0.1) is 0 Å². The molecule has 0 saturated heterocycles. The van der Waals surface area contributed by atoms with Crippen molar-refractivity contribution in [2.45, 2.75) is 6.04 Å². The molecule has 4 rings (SSSR count). The van der Waals surface area contributed by atoms with Gasteiger partial charge in [-0.2, -0.15) is 10.1 Å². The predicted molar refractivity (Wildman–Crippen MR) is 94.0 cm³/mol. The molecule has 1 atom stereocenters. The van der Waals surface area contributed by atoms with Crippen LogP contribution in [0.15, 0.2) is 67.0 Å². The molecule has 6 heteroatoms. The van der Waals surface area contributed by atoms with E-state index in [4.69, 9.17) is 4.74 Å². The highest BCUT2D eigenvalue weighted by molar-refractivity contribution is 5.89. The summed E-state index contributed by atoms with van der Waals surface area (Å²) in [7, 11) is 1.37. The molecule has 0 spiro atoms. The minimum absolute atomic E-state index is 0.111. The first-order valence-corrected chi connectivity index (χ1v) is 7.88. The molecule has 0 aliphatic carbocycles. The molecule has 124 valence electrons. The summed E-state index contributed by atoms with van der Waals surface area (Å²) in [5.41, 5.74) is 3.58. The number of ether oxygens (including phenoxy) is 1. The first kappa shape index (κ1) is 15.1. The molecule has 1 aliphatic heterocycles. The highest BCUT2D eigenvalue weighted by Gasteiger charge is 2.23. The summed E-state index contributed by atoms with van der Waals surface area (Å²) in [6.07, 6.45) is 3.63. The third kappa shape index (κ3) is 2.78. The van der Waals surface area contributed by atoms with E-state index in [1.165, 1.54) is 13.4 Å². The number of benzene rings is 2. The molecule has 0 saturated carbocycles. The van der Waals surface area contributed by atoms with E-state index in [1.807, 2.05) is 47.1 Å². The van der Waals surface area contributed by atoms with Crippen LogP contribution in [0.3, 0.4) is 0 Å². The van der Waals surface area contributed by atoms with Gasteiger partial charge in [-0.05, 0) is 29.3 Å². The maximum atomic E-state index is 11.6. The molecule has 1 unspecified atom stereocenters. The number of nitrogens with zero attached hydrogens (tertiary/aromatic N) is 3. The van der Waals surface area contributed by atoms with Gasteiger partial charge in [0.15, 0.2) is 0 Å². The van der Waals surface area contributed by atoms with Crippen LogP contribution in [-0.2, 0) is 4.74 Å². The number of rotatable bonds is 3. The van der Waals surface area contributed by atoms with E-state index in [-0.39, 0.29) is 12.0 Å². The van der Waals surface area contributed by atoms with Gasteiger partial charge in [0.1, 0.15) is 12.4 Å². The average Bonchev–Trinajstić information content (AvgIpc) is 3.16. The third-order valence-corrected chi connectivity index (χ3v) is 4.17. The number of allylic oxidation sites excluding steroid dienone is 1. The largest absolute Gasteiger partial charge is 0.465 e. The maximum Gasteiger partial charge on any atom is 0.337 e. The minimum atomic E-state index is -0.348. The second-order valence-corrected chi connectivity index (χ2v) is 5.66. The third-order valence-electron chi connectivity index (χ3n) is 4.17. The average molecular weight is 332 g/mol. The van der Waals surface area contributed by atoms with E-state index in [2.05, 4.69) is 21.5 Å². The van der Waals surface area contributed by atoms with Crippen LogP contribution in [-0.4, -0.2) is 27.8 Å². The Morgan fingerprint density at radius 1 is 1.12 bits per heavy atom. The molecule has 6 nitrogen and oxygen atoms in total. The van der Waals surface area contributed by atoms with Crippen LogP contribution in [0.1, 0.15) is 27.5 Å². The quantitative estimate of drug-likeness (QED) is 0.746. The maximum absolute atomic E-state index is 11.6. The molecule has 1 aliphatic rings. The van der Waals surface area contributed by atoms with Gasteiger partial charge >= 0.3 is 5.97 Å². The summed E-state index contributed by atoms with van der Waals surface area (Å²) in [5.74, 6) is 0.335. The molecule has 1 aromatic heterocycles. The van der Waals surface area contributed by atoms with Crippen LogP contribution in [0.2, 0.25) is 0 Å². The molecule has 1 N–H and O–H groups in total. The van der Waals surface area contributed by atoms with Gasteiger partial charge in [0.25, 0.3) is 0 Å². The van der Waals surface area contributed by atoms with E-state index in [0.29, 0.717) is 11.5 Å². The number of carbonyl (C=O) groups excluding carboxylic acids is 1. The topological polar surface area (TPSA) is 69.0 Å². The summed E-state index contributed by atoms with van der Waals surface area (Å²) < 4.78 is 6.57. The smallest absolute Gasteiger partial charge is 0.337 e. The van der Waals surface area contributed by atoms with Crippen molar-refractivity contribution in [2.75, 3.05) is 12.4 Å². The molecule has 2 heterocycles. The predicted octanol–water partition coefficient (Wildman–Crippen LogP) is 3.12. The normalized spacial score (nSPS) is 15.7. The van der Waals surface area contributed by atoms with Crippen LogP contribution in [0.25, 0.3) is 5.70 Å². The van der Waals surface area contributed by atoms with Crippen LogP contribution in [0.4, 0.5) is 5.95 Å². The summed E-state index contributed by atoms with van der Waals surface area (Å²) in [5, 5.41) is 7.63. The Morgan fingerprint density at radius 2 is 1.88 bits per heavy atom. The molecular weight excluding hydrogens is 316 g/mol. The molecule has 0 fully saturated rings. The summed E-state index contributed by atoms with van der Waals surface area (Å²) in [4.78, 5) is 15.9. The molecule has 0 amide bonds. The Balaban J connectivity index is 1.74. The molecule has 0 bridgehead atoms. The highest BCUT2D eigenvalue weighted by atomic mass is 16.5. The van der Waals surface area contributed by atoms with Crippen molar-refractivity contribution >= 4 is 17.6 Å². The second kappa shape index (κ2) is 6.24. The van der Waals surface area contributed by atoms with Gasteiger partial charge in [0.2, 0.25) is 5.95 Å². The molecule has 2 aromatic carbocycles. The zero-order chi connectivity index (χ0) is 17.2. The van der Waals surface area contributed by atoms with Crippen molar-refractivity contribution in [3.8, 4) is 0 Å². The van der Waals surface area contributed by atoms with Crippen molar-refractivity contribution in [1.82, 2.24) is 14.8 Å². The van der Waals surface area contributed by atoms with Crippen molar-refractivity contribution in [1.29, 1.82) is 0 Å². The van der Waals surface area contributed by atoms with Crippen molar-refractivity contribution in [2.24, 2.45) is 0 Å². The van der Waals surface area contributed by atoms with Crippen LogP contribution < -0.4 is 5.32 Å². The fourth-order valence-electron chi connectivity index (χ4n) is 2.89. The standard InChI is InChI=1S/C19H16N4O2/c1-25-18(24)15-9-7-14(8-10-15)17-11-16(13-5-3-2-4-6-13)22-19-20-12-21-23(17)19/h2-12,17H,1H3,(H,20,21,22). The van der Waals surface area contributed by atoms with Gasteiger partial charge in [-0.3, -0.25) is 0 Å². The van der Waals surface area contributed by atoms with Crippen molar-refractivity contribution in [3.63, 3.8) is 0 Å². The SMILES string of the molecule is COC(=O)c1ccc(C2C=C(c3ccccc3)Nc3ncnn32)cc1. The lowest BCUT2D eigenvalue weighted by Crippen LogP contribution is -2.20. The number of nitrogens with one attached hydrogen (secondary N) is 1. The van der Waals surface area contributed by atoms with Gasteiger partial charge < -0.3 is 10.1 Å². The van der Waals surface area contributed by atoms with Gasteiger partial charge in [0.05, 0.1) is 12.7 Å². The number of esters is 1. The first-order chi connectivity index (χ1) is 12.3. The van der Waals surface area contributed by atoms with Gasteiger partial charge in [-0.1, -0.05) is 42.5 Å². The molecule has 0 radical (unpaired) electrons. The number of carbonyl (C=O) groups is 1. The molecule has 3 aromatic rings. The monoisotopic (exact) mass is 332 g/mol. The van der Waals surface area contributed by atoms with Gasteiger partial charge in [-0.15, -0.1) is 0 Å². The second-order valence-electron chi connectivity index (χ2n) is 5.66. The lowest BCUT2D eigenvalue weighted by atomic mass is 10.0. The number of hydrogen-bond acceptors (Lipinski definition) is 5. The number of aromatic nitrogens is 3. The Morgan fingerprint density at radius 3 is 2.60 bits per heavy atom. The minimum Gasteiger partial charge on any atom is -0.465 e. The Hall–Kier alpha value is -3.41. The lowest BCUT2D eigenvalue weighted by molar-refractivity contribution is 0.0600. The summed E-state index contributed by atoms with van der Waals surface area (Å²) in [6, 6.07) is 17.3.